The highest BCUT2D eigenvalue weighted by molar-refractivity contribution is 7.12. The monoisotopic (exact) mass is 449 g/mol. The van der Waals surface area contributed by atoms with Crippen molar-refractivity contribution in [3.63, 3.8) is 0 Å². The maximum Gasteiger partial charge on any atom is 0.262 e. The summed E-state index contributed by atoms with van der Waals surface area (Å²) in [6.07, 6.45) is 2.18. The van der Waals surface area contributed by atoms with E-state index in [9.17, 15) is 9.59 Å². The summed E-state index contributed by atoms with van der Waals surface area (Å²) < 4.78 is 0. The molecule has 0 aliphatic carbocycles. The molecule has 1 aliphatic rings. The SMILES string of the molecule is CN1CCN(c2ccc(NC(=O)C(Cc3ccccc3)NC(=O)c3cccs3)nc2)CC1. The Morgan fingerprint density at radius 1 is 1.03 bits per heavy atom. The van der Waals surface area contributed by atoms with E-state index in [4.69, 9.17) is 0 Å². The molecule has 3 aromatic rings. The van der Waals surface area contributed by atoms with Crippen LogP contribution in [0.25, 0.3) is 0 Å². The van der Waals surface area contributed by atoms with Gasteiger partial charge in [0.25, 0.3) is 5.91 Å². The van der Waals surface area contributed by atoms with Gasteiger partial charge in [-0.3, -0.25) is 9.59 Å². The number of likely N-dealkylation sites (N-methyl/N-ethyl adjacent to an activating group) is 1. The van der Waals surface area contributed by atoms with Crippen LogP contribution in [0.4, 0.5) is 11.5 Å². The minimum Gasteiger partial charge on any atom is -0.368 e. The third-order valence-electron chi connectivity index (χ3n) is 5.52. The van der Waals surface area contributed by atoms with E-state index in [0.717, 1.165) is 37.4 Å². The van der Waals surface area contributed by atoms with Crippen LogP contribution in [0.5, 0.6) is 0 Å². The minimum absolute atomic E-state index is 0.255. The Kier molecular flexibility index (Phi) is 7.14. The molecule has 0 radical (unpaired) electrons. The first kappa shape index (κ1) is 22.0. The number of nitrogens with zero attached hydrogens (tertiary/aromatic N) is 3. The highest BCUT2D eigenvalue weighted by atomic mass is 32.1. The molecular weight excluding hydrogens is 422 g/mol. The molecule has 2 N–H and O–H groups in total. The second-order valence-electron chi connectivity index (χ2n) is 7.87. The maximum absolute atomic E-state index is 13.1. The Balaban J connectivity index is 1.43. The average Bonchev–Trinajstić information content (AvgIpc) is 3.36. The van der Waals surface area contributed by atoms with Crippen molar-refractivity contribution >= 4 is 34.7 Å². The number of nitrogens with one attached hydrogen (secondary N) is 2. The third-order valence-corrected chi connectivity index (χ3v) is 6.39. The van der Waals surface area contributed by atoms with Crippen molar-refractivity contribution in [3.05, 3.63) is 76.6 Å². The molecule has 32 heavy (non-hydrogen) atoms. The number of hydrogen-bond acceptors (Lipinski definition) is 6. The molecule has 3 heterocycles. The lowest BCUT2D eigenvalue weighted by atomic mass is 10.1. The van der Waals surface area contributed by atoms with Crippen LogP contribution in [0, 0.1) is 0 Å². The third kappa shape index (κ3) is 5.72. The number of benzene rings is 1. The summed E-state index contributed by atoms with van der Waals surface area (Å²) in [5.41, 5.74) is 2.01. The topological polar surface area (TPSA) is 77.6 Å². The Hall–Kier alpha value is -3.23. The fourth-order valence-electron chi connectivity index (χ4n) is 3.62. The number of aromatic nitrogens is 1. The highest BCUT2D eigenvalue weighted by Crippen LogP contribution is 2.17. The van der Waals surface area contributed by atoms with Gasteiger partial charge in [-0.25, -0.2) is 4.98 Å². The van der Waals surface area contributed by atoms with Crippen molar-refractivity contribution in [1.82, 2.24) is 15.2 Å². The Labute approximate surface area is 192 Å². The molecule has 1 fully saturated rings. The summed E-state index contributed by atoms with van der Waals surface area (Å²) >= 11 is 1.35. The van der Waals surface area contributed by atoms with Crippen LogP contribution in [0.3, 0.4) is 0 Å². The molecule has 8 heteroatoms. The van der Waals surface area contributed by atoms with E-state index in [1.807, 2.05) is 53.9 Å². The van der Waals surface area contributed by atoms with Gasteiger partial charge in [-0.05, 0) is 36.2 Å². The smallest absolute Gasteiger partial charge is 0.262 e. The Morgan fingerprint density at radius 3 is 2.47 bits per heavy atom. The molecule has 1 saturated heterocycles. The summed E-state index contributed by atoms with van der Waals surface area (Å²) in [5.74, 6) is -0.0793. The average molecular weight is 450 g/mol. The first-order chi connectivity index (χ1) is 15.6. The van der Waals surface area contributed by atoms with Gasteiger partial charge in [-0.1, -0.05) is 36.4 Å². The van der Waals surface area contributed by atoms with Crippen LogP contribution in [-0.2, 0) is 11.2 Å². The molecule has 2 aromatic heterocycles. The van der Waals surface area contributed by atoms with Crippen molar-refractivity contribution in [2.45, 2.75) is 12.5 Å². The Morgan fingerprint density at radius 2 is 1.81 bits per heavy atom. The molecule has 0 spiro atoms. The normalized spacial score (nSPS) is 15.2. The van der Waals surface area contributed by atoms with E-state index in [1.165, 1.54) is 11.3 Å². The fraction of sp³-hybridized carbons (Fsp3) is 0.292. The van der Waals surface area contributed by atoms with Gasteiger partial charge in [0.05, 0.1) is 16.8 Å². The molecule has 1 atom stereocenters. The van der Waals surface area contributed by atoms with Crippen LogP contribution in [0.15, 0.2) is 66.2 Å². The van der Waals surface area contributed by atoms with E-state index in [0.29, 0.717) is 17.1 Å². The number of anilines is 2. The summed E-state index contributed by atoms with van der Waals surface area (Å²) in [6, 6.07) is 16.3. The fourth-order valence-corrected chi connectivity index (χ4v) is 4.25. The van der Waals surface area contributed by atoms with Gasteiger partial charge in [-0.2, -0.15) is 0 Å². The molecule has 4 rings (SSSR count). The van der Waals surface area contributed by atoms with E-state index in [2.05, 4.69) is 32.5 Å². The van der Waals surface area contributed by atoms with Crippen molar-refractivity contribution < 1.29 is 9.59 Å². The lowest BCUT2D eigenvalue weighted by Gasteiger charge is -2.33. The quantitative estimate of drug-likeness (QED) is 0.580. The number of piperazine rings is 1. The van der Waals surface area contributed by atoms with Crippen molar-refractivity contribution in [2.75, 3.05) is 43.4 Å². The van der Waals surface area contributed by atoms with Gasteiger partial charge in [0.2, 0.25) is 5.91 Å². The van der Waals surface area contributed by atoms with Crippen LogP contribution in [0.2, 0.25) is 0 Å². The number of pyridine rings is 1. The van der Waals surface area contributed by atoms with Gasteiger partial charge in [0, 0.05) is 32.6 Å². The van der Waals surface area contributed by atoms with E-state index < -0.39 is 6.04 Å². The maximum atomic E-state index is 13.1. The predicted octanol–water partition coefficient (Wildman–Crippen LogP) is 2.87. The van der Waals surface area contributed by atoms with Gasteiger partial charge in [0.1, 0.15) is 11.9 Å². The zero-order valence-corrected chi connectivity index (χ0v) is 18.8. The van der Waals surface area contributed by atoms with Crippen molar-refractivity contribution in [2.24, 2.45) is 0 Å². The molecule has 1 unspecified atom stereocenters. The second-order valence-corrected chi connectivity index (χ2v) is 8.82. The van der Waals surface area contributed by atoms with Crippen LogP contribution in [-0.4, -0.2) is 61.0 Å². The summed E-state index contributed by atoms with van der Waals surface area (Å²) in [4.78, 5) is 35.3. The second kappa shape index (κ2) is 10.4. The number of carbonyl (C=O) groups excluding carboxylic acids is 2. The number of amides is 2. The zero-order chi connectivity index (χ0) is 22.3. The molecule has 166 valence electrons. The largest absolute Gasteiger partial charge is 0.368 e. The first-order valence-electron chi connectivity index (χ1n) is 10.7. The predicted molar refractivity (Wildman–Crippen MR) is 128 cm³/mol. The van der Waals surface area contributed by atoms with E-state index >= 15 is 0 Å². The minimum atomic E-state index is -0.717. The zero-order valence-electron chi connectivity index (χ0n) is 18.0. The van der Waals surface area contributed by atoms with Gasteiger partial charge >= 0.3 is 0 Å². The number of carbonyl (C=O) groups is 2. The summed E-state index contributed by atoms with van der Waals surface area (Å²) in [6.45, 7) is 3.95. The lowest BCUT2D eigenvalue weighted by Crippen LogP contribution is -2.45. The first-order valence-corrected chi connectivity index (χ1v) is 11.5. The summed E-state index contributed by atoms with van der Waals surface area (Å²) in [7, 11) is 2.12. The lowest BCUT2D eigenvalue weighted by molar-refractivity contribution is -0.118. The van der Waals surface area contributed by atoms with Gasteiger partial charge < -0.3 is 20.4 Å². The molecule has 1 aromatic carbocycles. The Bertz CT molecular complexity index is 1020. The molecular formula is C24H27N5O2S. The van der Waals surface area contributed by atoms with E-state index in [-0.39, 0.29) is 11.8 Å². The molecule has 7 nitrogen and oxygen atoms in total. The molecule has 0 bridgehead atoms. The summed E-state index contributed by atoms with van der Waals surface area (Å²) in [5, 5.41) is 7.58. The number of rotatable bonds is 7. The molecule has 0 saturated carbocycles. The van der Waals surface area contributed by atoms with Crippen molar-refractivity contribution in [1.29, 1.82) is 0 Å². The van der Waals surface area contributed by atoms with Crippen LogP contribution >= 0.6 is 11.3 Å². The van der Waals surface area contributed by atoms with Gasteiger partial charge in [-0.15, -0.1) is 11.3 Å². The number of thiophene rings is 1. The van der Waals surface area contributed by atoms with Gasteiger partial charge in [0.15, 0.2) is 0 Å². The number of hydrogen-bond donors (Lipinski definition) is 2. The highest BCUT2D eigenvalue weighted by Gasteiger charge is 2.23. The standard InChI is InChI=1S/C24H27N5O2S/c1-28-11-13-29(14-12-28)19-9-10-22(25-17-19)27-23(30)20(16-18-6-3-2-4-7-18)26-24(31)21-8-5-15-32-21/h2-10,15,17,20H,11-14,16H2,1H3,(H,26,31)(H,25,27,30). The van der Waals surface area contributed by atoms with Crippen molar-refractivity contribution in [3.8, 4) is 0 Å². The van der Waals surface area contributed by atoms with E-state index in [1.54, 1.807) is 12.3 Å². The van der Waals surface area contributed by atoms with Crippen LogP contribution < -0.4 is 15.5 Å². The molecule has 2 amide bonds. The van der Waals surface area contributed by atoms with Crippen LogP contribution in [0.1, 0.15) is 15.2 Å². The molecule has 1 aliphatic heterocycles.